The molecule has 0 spiro atoms. The molecular weight excluding hydrogens is 262 g/mol. The van der Waals surface area contributed by atoms with Gasteiger partial charge in [-0.15, -0.1) is 5.10 Å². The lowest BCUT2D eigenvalue weighted by atomic mass is 10.5. The summed E-state index contributed by atoms with van der Waals surface area (Å²) in [7, 11) is -4.64. The molecule has 0 fully saturated rings. The van der Waals surface area contributed by atoms with Gasteiger partial charge in [0.15, 0.2) is 5.69 Å². The van der Waals surface area contributed by atoms with Gasteiger partial charge in [0.25, 0.3) is 10.0 Å². The third-order valence-corrected chi connectivity index (χ3v) is 2.71. The number of halogens is 2. The zero-order valence-corrected chi connectivity index (χ0v) is 9.06. The Balaban J connectivity index is 2.49. The topological polar surface area (TPSA) is 114 Å². The molecule has 0 radical (unpaired) electrons. The van der Waals surface area contributed by atoms with Crippen molar-refractivity contribution < 1.29 is 27.1 Å². The number of carboxylic acids is 1. The van der Waals surface area contributed by atoms with E-state index in [0.717, 1.165) is 10.9 Å². The van der Waals surface area contributed by atoms with Crippen LogP contribution in [0.5, 0.6) is 0 Å². The lowest BCUT2D eigenvalue weighted by molar-refractivity contribution is 0.0690. The van der Waals surface area contributed by atoms with Crippen molar-refractivity contribution in [2.75, 3.05) is 6.54 Å². The van der Waals surface area contributed by atoms with Crippen molar-refractivity contribution in [3.8, 4) is 0 Å². The Labute approximate surface area is 94.3 Å². The van der Waals surface area contributed by atoms with Crippen LogP contribution in [0.25, 0.3) is 0 Å². The number of aromatic carboxylic acids is 1. The maximum atomic E-state index is 11.9. The maximum Gasteiger partial charge on any atom is 0.358 e. The van der Waals surface area contributed by atoms with Crippen LogP contribution in [0.2, 0.25) is 0 Å². The highest BCUT2D eigenvalue weighted by Gasteiger charge is 2.22. The summed E-state index contributed by atoms with van der Waals surface area (Å²) in [6, 6.07) is 0. The first-order valence-corrected chi connectivity index (χ1v) is 5.77. The van der Waals surface area contributed by atoms with Crippen molar-refractivity contribution in [1.29, 1.82) is 0 Å². The van der Waals surface area contributed by atoms with Crippen LogP contribution in [0.4, 0.5) is 8.78 Å². The van der Waals surface area contributed by atoms with Crippen molar-refractivity contribution >= 4 is 16.0 Å². The molecule has 2 N–H and O–H groups in total. The minimum atomic E-state index is -4.64. The fourth-order valence-electron chi connectivity index (χ4n) is 0.871. The summed E-state index contributed by atoms with van der Waals surface area (Å²) in [5, 5.41) is 15.1. The fraction of sp³-hybridized carbons (Fsp3) is 0.500. The quantitative estimate of drug-likeness (QED) is 0.693. The van der Waals surface area contributed by atoms with Crippen molar-refractivity contribution in [1.82, 2.24) is 19.7 Å². The van der Waals surface area contributed by atoms with Gasteiger partial charge in [-0.1, -0.05) is 5.21 Å². The monoisotopic (exact) mass is 270 g/mol. The summed E-state index contributed by atoms with van der Waals surface area (Å²) in [6.45, 7) is -0.443. The van der Waals surface area contributed by atoms with Crippen LogP contribution < -0.4 is 4.72 Å². The van der Waals surface area contributed by atoms with E-state index < -0.39 is 21.8 Å². The molecule has 17 heavy (non-hydrogen) atoms. The number of sulfonamides is 1. The van der Waals surface area contributed by atoms with E-state index in [-0.39, 0.29) is 18.8 Å². The van der Waals surface area contributed by atoms with Gasteiger partial charge >= 0.3 is 11.7 Å². The molecule has 0 atom stereocenters. The first kappa shape index (κ1) is 13.4. The maximum absolute atomic E-state index is 11.9. The van der Waals surface area contributed by atoms with Crippen LogP contribution in [0.1, 0.15) is 10.5 Å². The SMILES string of the molecule is O=C(O)c1cn(CCNS(=O)(=O)C(F)F)nn1. The van der Waals surface area contributed by atoms with Gasteiger partial charge in [0.1, 0.15) is 0 Å². The van der Waals surface area contributed by atoms with Crippen molar-refractivity contribution in [2.24, 2.45) is 0 Å². The molecular formula is C6H8F2N4O4S. The van der Waals surface area contributed by atoms with E-state index in [1.165, 1.54) is 0 Å². The molecule has 0 aliphatic heterocycles. The number of nitrogens with one attached hydrogen (secondary N) is 1. The molecule has 0 aromatic carbocycles. The Bertz CT molecular complexity index is 500. The normalized spacial score (nSPS) is 11.9. The molecule has 0 aliphatic carbocycles. The number of hydrogen-bond acceptors (Lipinski definition) is 5. The van der Waals surface area contributed by atoms with E-state index >= 15 is 0 Å². The van der Waals surface area contributed by atoms with E-state index in [0.29, 0.717) is 0 Å². The largest absolute Gasteiger partial charge is 0.476 e. The Hall–Kier alpha value is -1.62. The highest BCUT2D eigenvalue weighted by molar-refractivity contribution is 7.89. The number of nitrogens with zero attached hydrogens (tertiary/aromatic N) is 3. The lowest BCUT2D eigenvalue weighted by Crippen LogP contribution is -2.32. The first-order valence-electron chi connectivity index (χ1n) is 4.23. The minimum absolute atomic E-state index is 0.105. The zero-order chi connectivity index (χ0) is 13.1. The van der Waals surface area contributed by atoms with E-state index in [9.17, 15) is 22.0 Å². The predicted octanol–water partition coefficient (Wildman–Crippen LogP) is -0.882. The standard InChI is InChI=1S/C6H8F2N4O4S/c7-6(8)17(15,16)9-1-2-12-3-4(5(13)14)10-11-12/h3,6,9H,1-2H2,(H,13,14). The summed E-state index contributed by atoms with van der Waals surface area (Å²) in [4.78, 5) is 10.4. The van der Waals surface area contributed by atoms with Gasteiger partial charge in [-0.2, -0.15) is 8.78 Å². The smallest absolute Gasteiger partial charge is 0.358 e. The highest BCUT2D eigenvalue weighted by Crippen LogP contribution is 2.01. The van der Waals surface area contributed by atoms with Gasteiger partial charge in [0.05, 0.1) is 12.7 Å². The molecule has 1 rings (SSSR count). The van der Waals surface area contributed by atoms with Crippen molar-refractivity contribution in [2.45, 2.75) is 12.3 Å². The number of carboxylic acid groups (broad SMARTS) is 1. The third kappa shape index (κ3) is 3.71. The van der Waals surface area contributed by atoms with Gasteiger partial charge in [0, 0.05) is 6.54 Å². The third-order valence-electron chi connectivity index (χ3n) is 1.64. The molecule has 0 unspecified atom stereocenters. The Kier molecular flexibility index (Phi) is 4.07. The zero-order valence-electron chi connectivity index (χ0n) is 8.25. The molecule has 0 saturated carbocycles. The number of rotatable bonds is 6. The van der Waals surface area contributed by atoms with Crippen LogP contribution in [-0.4, -0.2) is 46.8 Å². The molecule has 96 valence electrons. The highest BCUT2D eigenvalue weighted by atomic mass is 32.2. The predicted molar refractivity (Wildman–Crippen MR) is 49.9 cm³/mol. The van der Waals surface area contributed by atoms with Gasteiger partial charge < -0.3 is 5.11 Å². The molecule has 11 heteroatoms. The lowest BCUT2D eigenvalue weighted by Gasteiger charge is -2.04. The first-order chi connectivity index (χ1) is 7.83. The van der Waals surface area contributed by atoms with E-state index in [2.05, 4.69) is 10.3 Å². The van der Waals surface area contributed by atoms with Gasteiger partial charge in [-0.25, -0.2) is 17.9 Å². The fourth-order valence-corrected chi connectivity index (χ4v) is 1.37. The van der Waals surface area contributed by atoms with Gasteiger partial charge in [-0.05, 0) is 0 Å². The Morgan fingerprint density at radius 3 is 2.71 bits per heavy atom. The van der Waals surface area contributed by atoms with Gasteiger partial charge in [-0.3, -0.25) is 4.68 Å². The second-order valence-corrected chi connectivity index (χ2v) is 4.61. The van der Waals surface area contributed by atoms with E-state index in [1.807, 2.05) is 0 Å². The van der Waals surface area contributed by atoms with E-state index in [4.69, 9.17) is 5.11 Å². The summed E-state index contributed by atoms with van der Waals surface area (Å²) in [5.74, 6) is -4.79. The van der Waals surface area contributed by atoms with Crippen LogP contribution in [-0.2, 0) is 16.6 Å². The average Bonchev–Trinajstić information content (AvgIpc) is 2.66. The number of hydrogen-bond donors (Lipinski definition) is 2. The molecule has 1 aromatic heterocycles. The Morgan fingerprint density at radius 2 is 2.24 bits per heavy atom. The summed E-state index contributed by atoms with van der Waals surface area (Å²) in [6.07, 6.45) is 1.05. The summed E-state index contributed by atoms with van der Waals surface area (Å²) in [5.41, 5.74) is -0.318. The number of alkyl halides is 2. The van der Waals surface area contributed by atoms with Crippen LogP contribution >= 0.6 is 0 Å². The second kappa shape index (κ2) is 5.14. The molecule has 1 heterocycles. The van der Waals surface area contributed by atoms with Crippen LogP contribution in [0.3, 0.4) is 0 Å². The molecule has 0 saturated heterocycles. The van der Waals surface area contributed by atoms with Crippen LogP contribution in [0.15, 0.2) is 6.20 Å². The molecule has 1 aromatic rings. The molecule has 0 amide bonds. The summed E-state index contributed by atoms with van der Waals surface area (Å²) < 4.78 is 47.7. The summed E-state index contributed by atoms with van der Waals surface area (Å²) >= 11 is 0. The number of carbonyl (C=O) groups is 1. The second-order valence-electron chi connectivity index (χ2n) is 2.87. The minimum Gasteiger partial charge on any atom is -0.476 e. The van der Waals surface area contributed by atoms with Crippen molar-refractivity contribution in [3.63, 3.8) is 0 Å². The molecule has 0 aliphatic rings. The average molecular weight is 270 g/mol. The van der Waals surface area contributed by atoms with E-state index in [1.54, 1.807) is 4.72 Å². The Morgan fingerprint density at radius 1 is 1.59 bits per heavy atom. The number of aromatic nitrogens is 3. The molecule has 0 bridgehead atoms. The van der Waals surface area contributed by atoms with Gasteiger partial charge in [0.2, 0.25) is 0 Å². The van der Waals surface area contributed by atoms with Crippen LogP contribution in [0, 0.1) is 0 Å². The molecule has 8 nitrogen and oxygen atoms in total. The van der Waals surface area contributed by atoms with Crippen molar-refractivity contribution in [3.05, 3.63) is 11.9 Å².